The minimum absolute atomic E-state index is 0. The normalized spacial score (nSPS) is 23.9. The van der Waals surface area contributed by atoms with E-state index in [0.29, 0.717) is 6.04 Å². The van der Waals surface area contributed by atoms with Gasteiger partial charge in [0, 0.05) is 48.9 Å². The van der Waals surface area contributed by atoms with Crippen LogP contribution in [0.15, 0.2) is 54.9 Å². The molecule has 0 unspecified atom stereocenters. The quantitative estimate of drug-likeness (QED) is 0.409. The van der Waals surface area contributed by atoms with Crippen molar-refractivity contribution in [3.05, 3.63) is 82.8 Å². The third kappa shape index (κ3) is 5.05. The third-order valence-electron chi connectivity index (χ3n) is 8.33. The molecule has 0 bridgehead atoms. The number of aliphatic hydroxyl groups excluding tert-OH is 1. The highest BCUT2D eigenvalue weighted by Crippen LogP contribution is 2.53. The lowest BCUT2D eigenvalue weighted by Crippen LogP contribution is -2.36. The van der Waals surface area contributed by atoms with Crippen molar-refractivity contribution in [3.8, 4) is 0 Å². The van der Waals surface area contributed by atoms with Crippen molar-refractivity contribution in [2.24, 2.45) is 0 Å². The number of anilines is 2. The summed E-state index contributed by atoms with van der Waals surface area (Å²) in [6, 6.07) is 18.0. The molecule has 6 rings (SSSR count). The first-order valence-corrected chi connectivity index (χ1v) is 13.4. The summed E-state index contributed by atoms with van der Waals surface area (Å²) in [5, 5.41) is 14.3. The molecular weight excluding hydrogens is 517 g/mol. The molecule has 3 aliphatic rings. The number of hydrogen-bond acceptors (Lipinski definition) is 6. The number of likely N-dealkylation sites (tertiary alicyclic amines) is 1. The minimum Gasteiger partial charge on any atom is -0.387 e. The minimum atomic E-state index is -0.498. The molecule has 1 saturated heterocycles. The Balaban J connectivity index is 0.00000168. The molecule has 2 N–H and O–H groups in total. The number of nitrogens with zero attached hydrogens (tertiary/aromatic N) is 4. The highest BCUT2D eigenvalue weighted by molar-refractivity contribution is 5.85. The molecule has 2 aromatic carbocycles. The number of aliphatic hydroxyl groups is 1. The summed E-state index contributed by atoms with van der Waals surface area (Å²) in [6.45, 7) is 11.5. The highest BCUT2D eigenvalue weighted by Gasteiger charge is 2.50. The fourth-order valence-corrected chi connectivity index (χ4v) is 6.73. The lowest BCUT2D eigenvalue weighted by molar-refractivity contribution is 0.170. The van der Waals surface area contributed by atoms with Gasteiger partial charge in [-0.3, -0.25) is 4.90 Å². The second-order valence-corrected chi connectivity index (χ2v) is 11.3. The summed E-state index contributed by atoms with van der Waals surface area (Å²) >= 11 is 0. The monoisotopic (exact) mass is 555 g/mol. The van der Waals surface area contributed by atoms with Crippen molar-refractivity contribution in [3.63, 3.8) is 0 Å². The lowest BCUT2D eigenvalue weighted by Gasteiger charge is -2.28. The van der Waals surface area contributed by atoms with Crippen LogP contribution in [0.5, 0.6) is 0 Å². The molecule has 1 aliphatic carbocycles. The molecule has 1 aromatic heterocycles. The Morgan fingerprint density at radius 2 is 1.84 bits per heavy atom. The number of benzene rings is 2. The number of hydrogen-bond donors (Lipinski definition) is 2. The van der Waals surface area contributed by atoms with Gasteiger partial charge in [-0.25, -0.2) is 9.97 Å². The molecule has 3 atom stereocenters. The standard InChI is InChI=1S/C30H37N5O.2ClH/c1-20(2)31-15-23-10-7-11-24-27(23)30(12-13-34(17-30)16-22-8-5-4-6-9-22)18-35(24)29-26-21(3)14-25(36)28(26)32-19-33-29;;/h4-11,19-21,25,31,36H,12-18H2,1-3H3;2*1H/t21-,25-,30-;;/m1../s1. The summed E-state index contributed by atoms with van der Waals surface area (Å²) in [5.74, 6) is 1.23. The molecule has 8 heteroatoms. The van der Waals surface area contributed by atoms with Gasteiger partial charge in [0.2, 0.25) is 0 Å². The van der Waals surface area contributed by atoms with E-state index in [0.717, 1.165) is 62.6 Å². The van der Waals surface area contributed by atoms with E-state index in [9.17, 15) is 5.11 Å². The Bertz CT molecular complexity index is 1260. The van der Waals surface area contributed by atoms with Gasteiger partial charge in [-0.1, -0.05) is 63.2 Å². The first-order valence-electron chi connectivity index (χ1n) is 13.4. The number of fused-ring (bicyclic) bond motifs is 3. The van der Waals surface area contributed by atoms with Gasteiger partial charge in [0.25, 0.3) is 0 Å². The van der Waals surface area contributed by atoms with Crippen LogP contribution < -0.4 is 10.2 Å². The van der Waals surface area contributed by atoms with Crippen LogP contribution in [-0.4, -0.2) is 45.7 Å². The van der Waals surface area contributed by atoms with E-state index < -0.39 is 6.10 Å². The van der Waals surface area contributed by atoms with Gasteiger partial charge in [0.1, 0.15) is 12.1 Å². The van der Waals surface area contributed by atoms with E-state index in [2.05, 4.69) is 89.4 Å². The Labute approximate surface area is 238 Å². The van der Waals surface area contributed by atoms with Crippen LogP contribution in [0, 0.1) is 0 Å². The molecule has 6 nitrogen and oxygen atoms in total. The predicted octanol–water partition coefficient (Wildman–Crippen LogP) is 5.65. The van der Waals surface area contributed by atoms with Crippen LogP contribution in [0.1, 0.15) is 73.6 Å². The number of halogens is 2. The van der Waals surface area contributed by atoms with Crippen molar-refractivity contribution in [1.29, 1.82) is 0 Å². The van der Waals surface area contributed by atoms with Crippen molar-refractivity contribution in [2.45, 2.75) is 70.2 Å². The summed E-state index contributed by atoms with van der Waals surface area (Å²) in [4.78, 5) is 14.4. The van der Waals surface area contributed by atoms with Gasteiger partial charge in [-0.05, 0) is 48.1 Å². The molecule has 0 amide bonds. The fourth-order valence-electron chi connectivity index (χ4n) is 6.73. The van der Waals surface area contributed by atoms with Gasteiger partial charge in [0.05, 0.1) is 11.8 Å². The zero-order valence-corrected chi connectivity index (χ0v) is 24.1. The number of aromatic nitrogens is 2. The van der Waals surface area contributed by atoms with Crippen LogP contribution in [-0.2, 0) is 18.5 Å². The van der Waals surface area contributed by atoms with Crippen LogP contribution in [0.4, 0.5) is 11.5 Å². The van der Waals surface area contributed by atoms with Gasteiger partial charge in [-0.2, -0.15) is 0 Å². The average Bonchev–Trinajstić information content (AvgIpc) is 3.52. The van der Waals surface area contributed by atoms with Crippen LogP contribution in [0.3, 0.4) is 0 Å². The Hall–Kier alpha value is -2.22. The van der Waals surface area contributed by atoms with Gasteiger partial charge in [0.15, 0.2) is 0 Å². The zero-order chi connectivity index (χ0) is 24.9. The molecule has 2 aliphatic heterocycles. The van der Waals surface area contributed by atoms with E-state index in [4.69, 9.17) is 4.98 Å². The first kappa shape index (κ1) is 28.8. The predicted molar refractivity (Wildman–Crippen MR) is 158 cm³/mol. The molecule has 1 fully saturated rings. The summed E-state index contributed by atoms with van der Waals surface area (Å²) in [5.41, 5.74) is 7.50. The second-order valence-electron chi connectivity index (χ2n) is 11.3. The van der Waals surface area contributed by atoms with Crippen molar-refractivity contribution in [1.82, 2.24) is 20.2 Å². The third-order valence-corrected chi connectivity index (χ3v) is 8.33. The average molecular weight is 557 g/mol. The zero-order valence-electron chi connectivity index (χ0n) is 22.4. The van der Waals surface area contributed by atoms with Crippen molar-refractivity contribution in [2.75, 3.05) is 24.5 Å². The molecular formula is C30H39Cl2N5O. The fraction of sp³-hybridized carbons (Fsp3) is 0.467. The summed E-state index contributed by atoms with van der Waals surface area (Å²) < 4.78 is 0. The Morgan fingerprint density at radius 1 is 1.05 bits per heavy atom. The maximum absolute atomic E-state index is 10.6. The van der Waals surface area contributed by atoms with E-state index in [1.165, 1.54) is 22.4 Å². The largest absolute Gasteiger partial charge is 0.387 e. The van der Waals surface area contributed by atoms with Crippen molar-refractivity contribution < 1.29 is 5.11 Å². The topological polar surface area (TPSA) is 64.5 Å². The van der Waals surface area contributed by atoms with E-state index in [1.807, 2.05) is 0 Å². The lowest BCUT2D eigenvalue weighted by atomic mass is 9.79. The van der Waals surface area contributed by atoms with Gasteiger partial charge >= 0.3 is 0 Å². The summed E-state index contributed by atoms with van der Waals surface area (Å²) in [7, 11) is 0. The molecule has 1 spiro atoms. The maximum Gasteiger partial charge on any atom is 0.140 e. The number of nitrogens with one attached hydrogen (secondary N) is 1. The van der Waals surface area contributed by atoms with Crippen molar-refractivity contribution >= 4 is 36.3 Å². The molecule has 0 radical (unpaired) electrons. The molecule has 3 aromatic rings. The SMILES string of the molecule is CC(C)NCc1cccc2c1[C@@]1(CCN(Cc3ccccc3)C1)CN2c1ncnc2c1[C@H](C)C[C@H]2O.Cl.Cl. The van der Waals surface area contributed by atoms with E-state index >= 15 is 0 Å². The van der Waals surface area contributed by atoms with E-state index in [-0.39, 0.29) is 36.1 Å². The molecule has 38 heavy (non-hydrogen) atoms. The summed E-state index contributed by atoms with van der Waals surface area (Å²) in [6.07, 6.45) is 2.99. The van der Waals surface area contributed by atoms with Gasteiger partial charge in [-0.15, -0.1) is 24.8 Å². The van der Waals surface area contributed by atoms with Crippen LogP contribution in [0.2, 0.25) is 0 Å². The van der Waals surface area contributed by atoms with Crippen LogP contribution in [0.25, 0.3) is 0 Å². The number of rotatable bonds is 6. The second kappa shape index (κ2) is 11.5. The first-order chi connectivity index (χ1) is 17.4. The van der Waals surface area contributed by atoms with E-state index in [1.54, 1.807) is 6.33 Å². The molecule has 0 saturated carbocycles. The smallest absolute Gasteiger partial charge is 0.140 e. The maximum atomic E-state index is 10.6. The molecule has 3 heterocycles. The van der Waals surface area contributed by atoms with Gasteiger partial charge < -0.3 is 15.3 Å². The molecule has 204 valence electrons. The highest BCUT2D eigenvalue weighted by atomic mass is 35.5. The Morgan fingerprint density at radius 3 is 2.61 bits per heavy atom. The Kier molecular flexibility index (Phi) is 8.70. The van der Waals surface area contributed by atoms with Crippen LogP contribution >= 0.6 is 24.8 Å².